The van der Waals surface area contributed by atoms with Crippen LogP contribution in [0.2, 0.25) is 0 Å². The molecule has 0 atom stereocenters. The summed E-state index contributed by atoms with van der Waals surface area (Å²) in [6.07, 6.45) is 6.31. The van der Waals surface area contributed by atoms with Crippen molar-refractivity contribution in [3.05, 3.63) is 18.0 Å². The van der Waals surface area contributed by atoms with Gasteiger partial charge in [-0.05, 0) is 43.6 Å². The molecule has 1 aliphatic carbocycles. The van der Waals surface area contributed by atoms with Crippen molar-refractivity contribution in [3.63, 3.8) is 0 Å². The Morgan fingerprint density at radius 3 is 2.47 bits per heavy atom. The largest absolute Gasteiger partial charge is 0.292 e. The Kier molecular flexibility index (Phi) is 3.65. The normalized spacial score (nSPS) is 25.2. The van der Waals surface area contributed by atoms with E-state index in [0.717, 1.165) is 24.7 Å². The molecular weight excluding hydrogens is 212 g/mol. The van der Waals surface area contributed by atoms with E-state index in [1.54, 1.807) is 4.68 Å². The maximum atomic E-state index is 12.2. The number of rotatable bonds is 3. The van der Waals surface area contributed by atoms with Crippen molar-refractivity contribution in [1.82, 2.24) is 9.78 Å². The second kappa shape index (κ2) is 5.03. The van der Waals surface area contributed by atoms with Gasteiger partial charge < -0.3 is 0 Å². The fourth-order valence-electron chi connectivity index (χ4n) is 2.80. The van der Waals surface area contributed by atoms with Crippen LogP contribution in [0.15, 0.2) is 12.3 Å². The summed E-state index contributed by atoms with van der Waals surface area (Å²) in [5.41, 5.74) is 0.639. The Balaban J connectivity index is 1.95. The molecule has 0 aliphatic heterocycles. The molecule has 0 N–H and O–H groups in total. The summed E-state index contributed by atoms with van der Waals surface area (Å²) in [6.45, 7) is 4.57. The number of hydrogen-bond acceptors (Lipinski definition) is 2. The van der Waals surface area contributed by atoms with Crippen molar-refractivity contribution < 1.29 is 4.79 Å². The molecule has 0 amide bonds. The van der Waals surface area contributed by atoms with Crippen LogP contribution in [0.4, 0.5) is 0 Å². The average molecular weight is 234 g/mol. The molecule has 1 aromatic heterocycles. The second-order valence-corrected chi connectivity index (χ2v) is 5.59. The molecule has 2 rings (SSSR count). The van der Waals surface area contributed by atoms with Crippen molar-refractivity contribution in [2.45, 2.75) is 39.5 Å². The van der Waals surface area contributed by atoms with E-state index >= 15 is 0 Å². The van der Waals surface area contributed by atoms with Crippen LogP contribution in [0, 0.1) is 17.8 Å². The highest BCUT2D eigenvalue weighted by atomic mass is 16.1. The first-order chi connectivity index (χ1) is 8.08. The Hall–Kier alpha value is -1.12. The predicted octanol–water partition coefficient (Wildman–Crippen LogP) is 3.07. The lowest BCUT2D eigenvalue weighted by Crippen LogP contribution is -2.24. The topological polar surface area (TPSA) is 34.9 Å². The first-order valence-electron chi connectivity index (χ1n) is 6.61. The van der Waals surface area contributed by atoms with E-state index in [4.69, 9.17) is 0 Å². The Morgan fingerprint density at radius 1 is 1.35 bits per heavy atom. The highest BCUT2D eigenvalue weighted by Crippen LogP contribution is 2.34. The number of Topliss-reactive ketones (excluding diaryl/α,β-unsaturated/α-hetero) is 1. The van der Waals surface area contributed by atoms with Gasteiger partial charge in [0.15, 0.2) is 5.78 Å². The van der Waals surface area contributed by atoms with Crippen LogP contribution in [0.3, 0.4) is 0 Å². The van der Waals surface area contributed by atoms with Crippen LogP contribution in [-0.4, -0.2) is 15.6 Å². The van der Waals surface area contributed by atoms with Crippen molar-refractivity contribution in [3.8, 4) is 0 Å². The quantitative estimate of drug-likeness (QED) is 0.753. The SMILES string of the molecule is CC(C)C1CCC(C(=O)c2ccn(C)n2)CC1. The highest BCUT2D eigenvalue weighted by Gasteiger charge is 2.29. The molecule has 1 heterocycles. The van der Waals surface area contributed by atoms with Gasteiger partial charge in [-0.3, -0.25) is 9.48 Å². The van der Waals surface area contributed by atoms with Gasteiger partial charge in [-0.15, -0.1) is 0 Å². The minimum absolute atomic E-state index is 0.208. The van der Waals surface area contributed by atoms with Gasteiger partial charge in [-0.1, -0.05) is 13.8 Å². The monoisotopic (exact) mass is 234 g/mol. The van der Waals surface area contributed by atoms with Gasteiger partial charge in [0.1, 0.15) is 5.69 Å². The minimum Gasteiger partial charge on any atom is -0.292 e. The Bertz CT molecular complexity index is 387. The summed E-state index contributed by atoms with van der Waals surface area (Å²) >= 11 is 0. The fraction of sp³-hybridized carbons (Fsp3) is 0.714. The summed E-state index contributed by atoms with van der Waals surface area (Å²) in [5.74, 6) is 2.01. The van der Waals surface area contributed by atoms with Crippen molar-refractivity contribution >= 4 is 5.78 Å². The smallest absolute Gasteiger partial charge is 0.186 e. The molecule has 0 saturated heterocycles. The van der Waals surface area contributed by atoms with E-state index in [1.807, 2.05) is 19.3 Å². The van der Waals surface area contributed by atoms with Crippen molar-refractivity contribution in [2.24, 2.45) is 24.8 Å². The van der Waals surface area contributed by atoms with E-state index in [9.17, 15) is 4.79 Å². The zero-order valence-corrected chi connectivity index (χ0v) is 11.0. The number of ketones is 1. The van der Waals surface area contributed by atoms with Gasteiger partial charge in [-0.2, -0.15) is 5.10 Å². The lowest BCUT2D eigenvalue weighted by atomic mass is 9.75. The molecule has 3 nitrogen and oxygen atoms in total. The van der Waals surface area contributed by atoms with E-state index in [-0.39, 0.29) is 11.7 Å². The van der Waals surface area contributed by atoms with Gasteiger partial charge in [-0.25, -0.2) is 0 Å². The third-order valence-electron chi connectivity index (χ3n) is 4.05. The van der Waals surface area contributed by atoms with Crippen molar-refractivity contribution in [1.29, 1.82) is 0 Å². The summed E-state index contributed by atoms with van der Waals surface area (Å²) in [4.78, 5) is 12.2. The Morgan fingerprint density at radius 2 is 2.00 bits per heavy atom. The number of carbonyl (C=O) groups is 1. The van der Waals surface area contributed by atoms with Crippen LogP contribution < -0.4 is 0 Å². The summed E-state index contributed by atoms with van der Waals surface area (Å²) in [6, 6.07) is 1.83. The number of carbonyl (C=O) groups excluding carboxylic acids is 1. The molecular formula is C14H22N2O. The summed E-state index contributed by atoms with van der Waals surface area (Å²) < 4.78 is 1.70. The fourth-order valence-corrected chi connectivity index (χ4v) is 2.80. The lowest BCUT2D eigenvalue weighted by molar-refractivity contribution is 0.0853. The van der Waals surface area contributed by atoms with Gasteiger partial charge in [0.2, 0.25) is 0 Å². The Labute approximate surface area is 103 Å². The molecule has 94 valence electrons. The highest BCUT2D eigenvalue weighted by molar-refractivity contribution is 5.96. The average Bonchev–Trinajstić information content (AvgIpc) is 2.75. The van der Waals surface area contributed by atoms with Gasteiger partial charge in [0.25, 0.3) is 0 Å². The van der Waals surface area contributed by atoms with Crippen LogP contribution in [-0.2, 0) is 7.05 Å². The van der Waals surface area contributed by atoms with E-state index in [1.165, 1.54) is 12.8 Å². The van der Waals surface area contributed by atoms with Crippen LogP contribution in [0.25, 0.3) is 0 Å². The third kappa shape index (κ3) is 2.76. The molecule has 1 aliphatic rings. The molecule has 1 aromatic rings. The predicted molar refractivity (Wildman–Crippen MR) is 67.8 cm³/mol. The van der Waals surface area contributed by atoms with E-state index in [2.05, 4.69) is 18.9 Å². The molecule has 1 fully saturated rings. The number of aromatic nitrogens is 2. The van der Waals surface area contributed by atoms with E-state index < -0.39 is 0 Å². The van der Waals surface area contributed by atoms with Crippen LogP contribution >= 0.6 is 0 Å². The number of aryl methyl sites for hydroxylation is 1. The summed E-state index contributed by atoms with van der Waals surface area (Å²) in [5, 5.41) is 4.21. The molecule has 0 unspecified atom stereocenters. The number of nitrogens with zero attached hydrogens (tertiary/aromatic N) is 2. The first kappa shape index (κ1) is 12.3. The molecule has 0 bridgehead atoms. The lowest BCUT2D eigenvalue weighted by Gasteiger charge is -2.29. The molecule has 0 aromatic carbocycles. The number of hydrogen-bond donors (Lipinski definition) is 0. The molecule has 3 heteroatoms. The molecule has 1 saturated carbocycles. The van der Waals surface area contributed by atoms with Gasteiger partial charge >= 0.3 is 0 Å². The first-order valence-corrected chi connectivity index (χ1v) is 6.61. The zero-order chi connectivity index (χ0) is 12.4. The third-order valence-corrected chi connectivity index (χ3v) is 4.05. The minimum atomic E-state index is 0.208. The van der Waals surface area contributed by atoms with Gasteiger partial charge in [0, 0.05) is 19.2 Å². The van der Waals surface area contributed by atoms with E-state index in [0.29, 0.717) is 5.69 Å². The van der Waals surface area contributed by atoms with Crippen LogP contribution in [0.5, 0.6) is 0 Å². The maximum absolute atomic E-state index is 12.2. The molecule has 17 heavy (non-hydrogen) atoms. The molecule has 0 radical (unpaired) electrons. The van der Waals surface area contributed by atoms with Crippen LogP contribution in [0.1, 0.15) is 50.0 Å². The maximum Gasteiger partial charge on any atom is 0.186 e. The molecule has 0 spiro atoms. The van der Waals surface area contributed by atoms with Gasteiger partial charge in [0.05, 0.1) is 0 Å². The zero-order valence-electron chi connectivity index (χ0n) is 11.0. The summed E-state index contributed by atoms with van der Waals surface area (Å²) in [7, 11) is 1.85. The second-order valence-electron chi connectivity index (χ2n) is 5.59. The standard InChI is InChI=1S/C14H22N2O/c1-10(2)11-4-6-12(7-5-11)14(17)13-8-9-16(3)15-13/h8-12H,4-7H2,1-3H3. The van der Waals surface area contributed by atoms with Crippen molar-refractivity contribution in [2.75, 3.05) is 0 Å².